The van der Waals surface area contributed by atoms with Crippen LogP contribution >= 0.6 is 0 Å². The van der Waals surface area contributed by atoms with E-state index in [0.29, 0.717) is 19.0 Å². The van der Waals surface area contributed by atoms with Crippen LogP contribution in [0.25, 0.3) is 0 Å². The van der Waals surface area contributed by atoms with Crippen LogP contribution in [0, 0.1) is 0 Å². The molecule has 2 rings (SSSR count). The number of aromatic nitrogens is 2. The molecule has 0 aliphatic rings. The predicted octanol–water partition coefficient (Wildman–Crippen LogP) is 1.48. The Morgan fingerprint density at radius 3 is 2.81 bits per heavy atom. The van der Waals surface area contributed by atoms with E-state index in [4.69, 9.17) is 10.5 Å². The molecule has 1 heterocycles. The maximum Gasteiger partial charge on any atom is 0.142 e. The number of H-pyrrole nitrogens is 1. The quantitative estimate of drug-likeness (QED) is 0.664. The molecule has 0 bridgehead atoms. The molecule has 16 heavy (non-hydrogen) atoms. The van der Waals surface area contributed by atoms with Gasteiger partial charge < -0.3 is 15.8 Å². The summed E-state index contributed by atoms with van der Waals surface area (Å²) in [6.45, 7) is 1.26. The van der Waals surface area contributed by atoms with Crippen LogP contribution in [-0.4, -0.2) is 23.3 Å². The number of anilines is 2. The number of aromatic amines is 1. The molecule has 1 aromatic carbocycles. The minimum Gasteiger partial charge on any atom is -0.492 e. The summed E-state index contributed by atoms with van der Waals surface area (Å²) in [4.78, 5) is 0. The molecule has 0 saturated carbocycles. The Bertz CT molecular complexity index is 427. The molecular formula is C11H14N4O. The van der Waals surface area contributed by atoms with E-state index < -0.39 is 0 Å². The number of benzene rings is 1. The fraction of sp³-hybridized carbons (Fsp3) is 0.182. The molecule has 1 aromatic heterocycles. The first-order valence-corrected chi connectivity index (χ1v) is 5.07. The molecular weight excluding hydrogens is 204 g/mol. The van der Waals surface area contributed by atoms with Crippen molar-refractivity contribution in [3.63, 3.8) is 0 Å². The molecule has 0 unspecified atom stereocenters. The lowest BCUT2D eigenvalue weighted by atomic mass is 10.3. The lowest BCUT2D eigenvalue weighted by molar-refractivity contribution is 0.333. The van der Waals surface area contributed by atoms with E-state index in [9.17, 15) is 0 Å². The SMILES string of the molecule is Nc1[nH]ncc1NCCOc1ccccc1. The Hall–Kier alpha value is -2.17. The van der Waals surface area contributed by atoms with Crippen LogP contribution in [0.5, 0.6) is 5.75 Å². The number of nitrogens with one attached hydrogen (secondary N) is 2. The number of hydrogen-bond donors (Lipinski definition) is 3. The summed E-state index contributed by atoms with van der Waals surface area (Å²) in [5, 5.41) is 9.58. The summed E-state index contributed by atoms with van der Waals surface area (Å²) in [5.74, 6) is 1.41. The molecule has 84 valence electrons. The Balaban J connectivity index is 1.72. The van der Waals surface area contributed by atoms with Gasteiger partial charge in [0.15, 0.2) is 0 Å². The molecule has 4 N–H and O–H groups in total. The normalized spacial score (nSPS) is 10.0. The van der Waals surface area contributed by atoms with Gasteiger partial charge in [-0.1, -0.05) is 18.2 Å². The van der Waals surface area contributed by atoms with E-state index in [1.165, 1.54) is 0 Å². The molecule has 2 aromatic rings. The van der Waals surface area contributed by atoms with Gasteiger partial charge in [-0.2, -0.15) is 5.10 Å². The number of rotatable bonds is 5. The summed E-state index contributed by atoms with van der Waals surface area (Å²) in [5.41, 5.74) is 6.41. The third-order valence-corrected chi connectivity index (χ3v) is 2.10. The summed E-state index contributed by atoms with van der Waals surface area (Å²) in [7, 11) is 0. The second-order valence-corrected chi connectivity index (χ2v) is 3.29. The summed E-state index contributed by atoms with van der Waals surface area (Å²) in [6.07, 6.45) is 1.65. The van der Waals surface area contributed by atoms with Crippen LogP contribution in [-0.2, 0) is 0 Å². The number of hydrogen-bond acceptors (Lipinski definition) is 4. The maximum atomic E-state index is 5.61. The van der Waals surface area contributed by atoms with Crippen molar-refractivity contribution in [2.45, 2.75) is 0 Å². The van der Waals surface area contributed by atoms with Crippen molar-refractivity contribution in [1.29, 1.82) is 0 Å². The highest BCUT2D eigenvalue weighted by molar-refractivity contribution is 5.59. The highest BCUT2D eigenvalue weighted by Crippen LogP contribution is 2.12. The smallest absolute Gasteiger partial charge is 0.142 e. The Kier molecular flexibility index (Phi) is 3.28. The van der Waals surface area contributed by atoms with Crippen molar-refractivity contribution in [2.24, 2.45) is 0 Å². The fourth-order valence-electron chi connectivity index (χ4n) is 1.31. The van der Waals surface area contributed by atoms with Gasteiger partial charge >= 0.3 is 0 Å². The van der Waals surface area contributed by atoms with Crippen LogP contribution < -0.4 is 15.8 Å². The minimum absolute atomic E-state index is 0.541. The molecule has 0 aliphatic carbocycles. The highest BCUT2D eigenvalue weighted by atomic mass is 16.5. The Labute approximate surface area is 93.6 Å². The number of ether oxygens (including phenoxy) is 1. The first-order chi connectivity index (χ1) is 7.86. The molecule has 0 saturated heterocycles. The standard InChI is InChI=1S/C11H14N4O/c12-11-10(8-14-15-11)13-6-7-16-9-4-2-1-3-5-9/h1-5,8,13H,6-7H2,(H3,12,14,15). The Morgan fingerprint density at radius 1 is 1.31 bits per heavy atom. The fourth-order valence-corrected chi connectivity index (χ4v) is 1.31. The summed E-state index contributed by atoms with van der Waals surface area (Å²) < 4.78 is 5.51. The van der Waals surface area contributed by atoms with E-state index in [0.717, 1.165) is 11.4 Å². The van der Waals surface area contributed by atoms with Gasteiger partial charge in [-0.05, 0) is 12.1 Å². The zero-order valence-corrected chi connectivity index (χ0v) is 8.81. The van der Waals surface area contributed by atoms with Crippen molar-refractivity contribution >= 4 is 11.5 Å². The number of nitrogen functional groups attached to an aromatic ring is 1. The first-order valence-electron chi connectivity index (χ1n) is 5.07. The maximum absolute atomic E-state index is 5.61. The van der Waals surface area contributed by atoms with Gasteiger partial charge in [0.25, 0.3) is 0 Å². The highest BCUT2D eigenvalue weighted by Gasteiger charge is 1.98. The second-order valence-electron chi connectivity index (χ2n) is 3.29. The van der Waals surface area contributed by atoms with E-state index >= 15 is 0 Å². The van der Waals surface area contributed by atoms with E-state index in [2.05, 4.69) is 15.5 Å². The van der Waals surface area contributed by atoms with E-state index in [1.807, 2.05) is 30.3 Å². The average Bonchev–Trinajstić information content (AvgIpc) is 2.72. The summed E-state index contributed by atoms with van der Waals surface area (Å²) >= 11 is 0. The van der Waals surface area contributed by atoms with Gasteiger partial charge in [0.05, 0.1) is 11.9 Å². The van der Waals surface area contributed by atoms with Crippen LogP contribution in [0.15, 0.2) is 36.5 Å². The number of nitrogens with zero attached hydrogens (tertiary/aromatic N) is 1. The van der Waals surface area contributed by atoms with Crippen LogP contribution in [0.4, 0.5) is 11.5 Å². The van der Waals surface area contributed by atoms with Crippen molar-refractivity contribution in [2.75, 3.05) is 24.2 Å². The third kappa shape index (κ3) is 2.66. The molecule has 5 heteroatoms. The minimum atomic E-state index is 0.541. The van der Waals surface area contributed by atoms with Crippen LogP contribution in [0.1, 0.15) is 0 Å². The molecule has 0 atom stereocenters. The van der Waals surface area contributed by atoms with Gasteiger partial charge in [-0.15, -0.1) is 0 Å². The van der Waals surface area contributed by atoms with Crippen molar-refractivity contribution in [3.8, 4) is 5.75 Å². The van der Waals surface area contributed by atoms with Gasteiger partial charge in [0, 0.05) is 6.54 Å². The van der Waals surface area contributed by atoms with Crippen LogP contribution in [0.2, 0.25) is 0 Å². The molecule has 0 radical (unpaired) electrons. The summed E-state index contributed by atoms with van der Waals surface area (Å²) in [6, 6.07) is 9.68. The monoisotopic (exact) mass is 218 g/mol. The molecule has 0 spiro atoms. The van der Waals surface area contributed by atoms with Gasteiger partial charge in [0.1, 0.15) is 18.2 Å². The average molecular weight is 218 g/mol. The molecule has 5 nitrogen and oxygen atoms in total. The lowest BCUT2D eigenvalue weighted by Crippen LogP contribution is -2.11. The first kappa shape index (κ1) is 10.4. The second kappa shape index (κ2) is 5.06. The number of nitrogens with two attached hydrogens (primary N) is 1. The molecule has 0 fully saturated rings. The van der Waals surface area contributed by atoms with E-state index in [-0.39, 0.29) is 0 Å². The third-order valence-electron chi connectivity index (χ3n) is 2.10. The largest absolute Gasteiger partial charge is 0.492 e. The van der Waals surface area contributed by atoms with Crippen molar-refractivity contribution < 1.29 is 4.74 Å². The Morgan fingerprint density at radius 2 is 2.12 bits per heavy atom. The zero-order chi connectivity index (χ0) is 11.2. The lowest BCUT2D eigenvalue weighted by Gasteiger charge is -2.07. The van der Waals surface area contributed by atoms with Crippen molar-refractivity contribution in [1.82, 2.24) is 10.2 Å². The van der Waals surface area contributed by atoms with Crippen LogP contribution in [0.3, 0.4) is 0 Å². The molecule has 0 amide bonds. The van der Waals surface area contributed by atoms with E-state index in [1.54, 1.807) is 6.20 Å². The number of para-hydroxylation sites is 1. The predicted molar refractivity (Wildman–Crippen MR) is 63.4 cm³/mol. The molecule has 0 aliphatic heterocycles. The van der Waals surface area contributed by atoms with Gasteiger partial charge in [-0.3, -0.25) is 5.10 Å². The topological polar surface area (TPSA) is 76.0 Å². The van der Waals surface area contributed by atoms with Gasteiger partial charge in [-0.25, -0.2) is 0 Å². The zero-order valence-electron chi connectivity index (χ0n) is 8.81. The van der Waals surface area contributed by atoms with Crippen molar-refractivity contribution in [3.05, 3.63) is 36.5 Å². The van der Waals surface area contributed by atoms with Gasteiger partial charge in [0.2, 0.25) is 0 Å².